The van der Waals surface area contributed by atoms with Crippen molar-refractivity contribution < 1.29 is 18.8 Å². The summed E-state index contributed by atoms with van der Waals surface area (Å²) in [5, 5.41) is 8.88. The molecular formula is C25H24N2O4. The molecule has 0 radical (unpaired) electrons. The van der Waals surface area contributed by atoms with Gasteiger partial charge in [0.25, 0.3) is 5.91 Å². The molecule has 0 spiro atoms. The van der Waals surface area contributed by atoms with E-state index in [1.54, 1.807) is 7.11 Å². The minimum absolute atomic E-state index is 0.257. The van der Waals surface area contributed by atoms with E-state index in [0.717, 1.165) is 27.6 Å². The van der Waals surface area contributed by atoms with Gasteiger partial charge in [-0.3, -0.25) is 4.79 Å². The van der Waals surface area contributed by atoms with Crippen molar-refractivity contribution in [3.63, 3.8) is 0 Å². The lowest BCUT2D eigenvalue weighted by Gasteiger charge is -2.15. The SMILES string of the molecule is COc1ccc(C)cc1NC(=O)c1cc2ccccc2cc1OCc1c(C)noc1C. The van der Waals surface area contributed by atoms with Gasteiger partial charge in [-0.2, -0.15) is 0 Å². The van der Waals surface area contributed by atoms with Crippen LogP contribution >= 0.6 is 0 Å². The minimum atomic E-state index is -0.275. The third kappa shape index (κ3) is 4.23. The van der Waals surface area contributed by atoms with Crippen LogP contribution in [0, 0.1) is 20.8 Å². The zero-order chi connectivity index (χ0) is 22.0. The number of hydrogen-bond donors (Lipinski definition) is 1. The van der Waals surface area contributed by atoms with Crippen LogP contribution in [0.25, 0.3) is 10.8 Å². The monoisotopic (exact) mass is 416 g/mol. The molecule has 0 aliphatic carbocycles. The molecule has 6 heteroatoms. The van der Waals surface area contributed by atoms with Crippen LogP contribution in [0.2, 0.25) is 0 Å². The molecule has 6 nitrogen and oxygen atoms in total. The van der Waals surface area contributed by atoms with Crippen LogP contribution in [0.3, 0.4) is 0 Å². The number of aromatic nitrogens is 1. The number of fused-ring (bicyclic) bond motifs is 1. The molecular weight excluding hydrogens is 392 g/mol. The van der Waals surface area contributed by atoms with Crippen LogP contribution in [0.4, 0.5) is 5.69 Å². The number of rotatable bonds is 6. The molecule has 0 bridgehead atoms. The van der Waals surface area contributed by atoms with Crippen LogP contribution in [0.1, 0.15) is 32.9 Å². The highest BCUT2D eigenvalue weighted by atomic mass is 16.5. The number of hydrogen-bond acceptors (Lipinski definition) is 5. The Labute approximate surface area is 180 Å². The van der Waals surface area contributed by atoms with E-state index >= 15 is 0 Å². The van der Waals surface area contributed by atoms with E-state index in [9.17, 15) is 4.79 Å². The minimum Gasteiger partial charge on any atom is -0.495 e. The molecule has 4 aromatic rings. The quantitative estimate of drug-likeness (QED) is 0.443. The molecule has 0 saturated heterocycles. The number of amides is 1. The Balaban J connectivity index is 1.70. The number of nitrogens with one attached hydrogen (secondary N) is 1. The molecule has 0 aliphatic heterocycles. The van der Waals surface area contributed by atoms with Crippen molar-refractivity contribution in [2.45, 2.75) is 27.4 Å². The Morgan fingerprint density at radius 1 is 1.00 bits per heavy atom. The van der Waals surface area contributed by atoms with Crippen LogP contribution in [0.5, 0.6) is 11.5 Å². The van der Waals surface area contributed by atoms with Gasteiger partial charge in [0, 0.05) is 0 Å². The van der Waals surface area contributed by atoms with Gasteiger partial charge in [-0.05, 0) is 61.4 Å². The van der Waals surface area contributed by atoms with Crippen molar-refractivity contribution in [2.75, 3.05) is 12.4 Å². The molecule has 3 aromatic carbocycles. The zero-order valence-electron chi connectivity index (χ0n) is 18.0. The van der Waals surface area contributed by atoms with Gasteiger partial charge in [0.05, 0.1) is 29.6 Å². The zero-order valence-corrected chi connectivity index (χ0v) is 18.0. The first kappa shape index (κ1) is 20.5. The average molecular weight is 416 g/mol. The lowest BCUT2D eigenvalue weighted by Crippen LogP contribution is -2.15. The molecule has 0 atom stereocenters. The van der Waals surface area contributed by atoms with E-state index in [0.29, 0.717) is 28.5 Å². The summed E-state index contributed by atoms with van der Waals surface area (Å²) >= 11 is 0. The van der Waals surface area contributed by atoms with Gasteiger partial charge >= 0.3 is 0 Å². The van der Waals surface area contributed by atoms with Gasteiger partial charge in [-0.15, -0.1) is 0 Å². The standard InChI is InChI=1S/C25H24N2O4/c1-15-9-10-23(29-4)22(11-15)26-25(28)20-12-18-7-5-6-8-19(18)13-24(20)30-14-21-16(2)27-31-17(21)3/h5-13H,14H2,1-4H3,(H,26,28). The van der Waals surface area contributed by atoms with Crippen molar-refractivity contribution in [1.82, 2.24) is 5.16 Å². The van der Waals surface area contributed by atoms with Crippen molar-refractivity contribution in [2.24, 2.45) is 0 Å². The Morgan fingerprint density at radius 3 is 2.42 bits per heavy atom. The number of carbonyl (C=O) groups excluding carboxylic acids is 1. The summed E-state index contributed by atoms with van der Waals surface area (Å²) in [6, 6.07) is 17.2. The van der Waals surface area contributed by atoms with Crippen LogP contribution in [-0.2, 0) is 6.61 Å². The number of anilines is 1. The summed E-state index contributed by atoms with van der Waals surface area (Å²) < 4.78 is 16.7. The maximum absolute atomic E-state index is 13.3. The van der Waals surface area contributed by atoms with Crippen LogP contribution in [-0.4, -0.2) is 18.2 Å². The van der Waals surface area contributed by atoms with E-state index in [4.69, 9.17) is 14.0 Å². The number of benzene rings is 3. The topological polar surface area (TPSA) is 73.6 Å². The van der Waals surface area contributed by atoms with Gasteiger partial charge in [-0.25, -0.2) is 0 Å². The Hall–Kier alpha value is -3.80. The average Bonchev–Trinajstić information content (AvgIpc) is 3.09. The summed E-state index contributed by atoms with van der Waals surface area (Å²) in [6.45, 7) is 5.93. The third-order valence-corrected chi connectivity index (χ3v) is 5.25. The van der Waals surface area contributed by atoms with Crippen molar-refractivity contribution in [3.8, 4) is 11.5 Å². The summed E-state index contributed by atoms with van der Waals surface area (Å²) in [4.78, 5) is 13.3. The van der Waals surface area contributed by atoms with E-state index in [2.05, 4.69) is 10.5 Å². The largest absolute Gasteiger partial charge is 0.495 e. The fourth-order valence-electron chi connectivity index (χ4n) is 3.48. The summed E-state index contributed by atoms with van der Waals surface area (Å²) in [6.07, 6.45) is 0. The lowest BCUT2D eigenvalue weighted by molar-refractivity contribution is 0.102. The van der Waals surface area contributed by atoms with Crippen molar-refractivity contribution in [3.05, 3.63) is 82.7 Å². The molecule has 4 rings (SSSR count). The second-order valence-electron chi connectivity index (χ2n) is 7.44. The summed E-state index contributed by atoms with van der Waals surface area (Å²) in [7, 11) is 1.58. The molecule has 0 aliphatic rings. The fourth-order valence-corrected chi connectivity index (χ4v) is 3.48. The Kier molecular flexibility index (Phi) is 5.62. The number of ether oxygens (including phenoxy) is 2. The highest BCUT2D eigenvalue weighted by Gasteiger charge is 2.18. The van der Waals surface area contributed by atoms with E-state index in [1.165, 1.54) is 0 Å². The molecule has 1 heterocycles. The smallest absolute Gasteiger partial charge is 0.259 e. The highest BCUT2D eigenvalue weighted by molar-refractivity contribution is 6.09. The Bertz CT molecular complexity index is 1240. The molecule has 0 saturated carbocycles. The molecule has 158 valence electrons. The van der Waals surface area contributed by atoms with Gasteiger partial charge in [0.1, 0.15) is 23.9 Å². The maximum Gasteiger partial charge on any atom is 0.259 e. The second-order valence-corrected chi connectivity index (χ2v) is 7.44. The molecule has 1 amide bonds. The van der Waals surface area contributed by atoms with Gasteiger partial charge in [0.2, 0.25) is 0 Å². The van der Waals surface area contributed by atoms with Crippen LogP contribution < -0.4 is 14.8 Å². The Morgan fingerprint density at radius 2 is 1.74 bits per heavy atom. The number of carbonyl (C=O) groups is 1. The van der Waals surface area contributed by atoms with Crippen molar-refractivity contribution >= 4 is 22.4 Å². The first-order chi connectivity index (χ1) is 15.0. The number of methoxy groups -OCH3 is 1. The van der Waals surface area contributed by atoms with Gasteiger partial charge < -0.3 is 19.3 Å². The molecule has 1 N–H and O–H groups in total. The van der Waals surface area contributed by atoms with E-state index in [1.807, 2.05) is 75.4 Å². The normalized spacial score (nSPS) is 10.8. The molecule has 0 unspecified atom stereocenters. The molecule has 1 aromatic heterocycles. The fraction of sp³-hybridized carbons (Fsp3) is 0.200. The molecule has 31 heavy (non-hydrogen) atoms. The van der Waals surface area contributed by atoms with Gasteiger partial charge in [-0.1, -0.05) is 35.5 Å². The summed E-state index contributed by atoms with van der Waals surface area (Å²) in [5.74, 6) is 1.51. The van der Waals surface area contributed by atoms with Gasteiger partial charge in [0.15, 0.2) is 0 Å². The lowest BCUT2D eigenvalue weighted by atomic mass is 10.0. The highest BCUT2D eigenvalue weighted by Crippen LogP contribution is 2.30. The predicted octanol–water partition coefficient (Wildman–Crippen LogP) is 5.59. The van der Waals surface area contributed by atoms with E-state index in [-0.39, 0.29) is 12.5 Å². The third-order valence-electron chi connectivity index (χ3n) is 5.25. The first-order valence-electron chi connectivity index (χ1n) is 9.99. The van der Waals surface area contributed by atoms with E-state index < -0.39 is 0 Å². The maximum atomic E-state index is 13.3. The molecule has 0 fully saturated rings. The predicted molar refractivity (Wildman–Crippen MR) is 120 cm³/mol. The van der Waals surface area contributed by atoms with Crippen LogP contribution in [0.15, 0.2) is 59.1 Å². The second kappa shape index (κ2) is 8.52. The summed E-state index contributed by atoms with van der Waals surface area (Å²) in [5.41, 5.74) is 3.71. The number of nitrogens with zero attached hydrogens (tertiary/aromatic N) is 1. The first-order valence-corrected chi connectivity index (χ1v) is 9.99. The number of aryl methyl sites for hydroxylation is 3. The van der Waals surface area contributed by atoms with Crippen molar-refractivity contribution in [1.29, 1.82) is 0 Å².